The van der Waals surface area contributed by atoms with Crippen LogP contribution in [-0.4, -0.2) is 23.8 Å². The molecule has 2 heterocycles. The lowest BCUT2D eigenvalue weighted by Crippen LogP contribution is -2.19. The molecule has 1 atom stereocenters. The summed E-state index contributed by atoms with van der Waals surface area (Å²) in [6.07, 6.45) is 5.10. The number of benzene rings is 1. The molecule has 1 aliphatic rings. The van der Waals surface area contributed by atoms with Crippen molar-refractivity contribution in [3.63, 3.8) is 0 Å². The number of pyridine rings is 1. The van der Waals surface area contributed by atoms with Gasteiger partial charge >= 0.3 is 0 Å². The van der Waals surface area contributed by atoms with Crippen molar-refractivity contribution in [2.45, 2.75) is 24.5 Å². The van der Waals surface area contributed by atoms with Gasteiger partial charge in [0.05, 0.1) is 0 Å². The number of thioether (sulfide) groups is 2. The highest BCUT2D eigenvalue weighted by molar-refractivity contribution is 8.27. The molecule has 130 valence electrons. The fraction of sp³-hybridized carbons (Fsp3) is 0.286. The molecule has 0 radical (unpaired) electrons. The van der Waals surface area contributed by atoms with Crippen LogP contribution in [-0.2, 0) is 12.8 Å². The third-order valence-corrected chi connectivity index (χ3v) is 6.78. The van der Waals surface area contributed by atoms with E-state index >= 15 is 0 Å². The maximum atomic E-state index is 4.39. The van der Waals surface area contributed by atoms with Gasteiger partial charge in [-0.15, -0.1) is 11.8 Å². The molecule has 0 amide bonds. The standard InChI is InChI=1S/C21H24N2S2/c1-16-20(25-17(2)24-16)15-19-11-9-18(10-12-19)7-6-14-23(3)21-8-4-5-13-22-21/h4-5,8-13,20H,1-2,6-7,14-15H2,3H3. The van der Waals surface area contributed by atoms with E-state index in [9.17, 15) is 0 Å². The number of nitrogens with zero attached hydrogens (tertiary/aromatic N) is 2. The van der Waals surface area contributed by atoms with E-state index < -0.39 is 0 Å². The lowest BCUT2D eigenvalue weighted by atomic mass is 10.0. The van der Waals surface area contributed by atoms with Crippen molar-refractivity contribution in [2.24, 2.45) is 0 Å². The van der Waals surface area contributed by atoms with E-state index in [4.69, 9.17) is 0 Å². The third-order valence-electron chi connectivity index (χ3n) is 4.32. The highest BCUT2D eigenvalue weighted by Crippen LogP contribution is 2.48. The van der Waals surface area contributed by atoms with Crippen molar-refractivity contribution in [1.29, 1.82) is 0 Å². The average molecular weight is 369 g/mol. The zero-order valence-electron chi connectivity index (χ0n) is 14.6. The molecule has 1 aliphatic heterocycles. The molecule has 0 N–H and O–H groups in total. The van der Waals surface area contributed by atoms with Gasteiger partial charge in [-0.1, -0.05) is 55.3 Å². The minimum absolute atomic E-state index is 0.468. The van der Waals surface area contributed by atoms with Crippen LogP contribution < -0.4 is 4.90 Å². The van der Waals surface area contributed by atoms with Crippen LogP contribution in [0.5, 0.6) is 0 Å². The van der Waals surface area contributed by atoms with Crippen LogP contribution in [0.2, 0.25) is 0 Å². The van der Waals surface area contributed by atoms with Crippen LogP contribution >= 0.6 is 23.5 Å². The van der Waals surface area contributed by atoms with E-state index in [1.54, 1.807) is 11.8 Å². The number of rotatable bonds is 7. The number of aryl methyl sites for hydroxylation is 1. The molecule has 1 aromatic carbocycles. The lowest BCUT2D eigenvalue weighted by molar-refractivity contribution is 0.777. The highest BCUT2D eigenvalue weighted by Gasteiger charge is 2.23. The number of aromatic nitrogens is 1. The molecule has 0 aliphatic carbocycles. The molecule has 2 nitrogen and oxygen atoms in total. The van der Waals surface area contributed by atoms with Gasteiger partial charge in [0.15, 0.2) is 0 Å². The Bertz CT molecular complexity index is 725. The van der Waals surface area contributed by atoms with Crippen LogP contribution in [0, 0.1) is 0 Å². The Morgan fingerprint density at radius 2 is 1.84 bits per heavy atom. The minimum Gasteiger partial charge on any atom is -0.360 e. The Kier molecular flexibility index (Phi) is 6.27. The van der Waals surface area contributed by atoms with Crippen molar-refractivity contribution in [3.8, 4) is 0 Å². The van der Waals surface area contributed by atoms with Gasteiger partial charge in [0.25, 0.3) is 0 Å². The summed E-state index contributed by atoms with van der Waals surface area (Å²) in [5.41, 5.74) is 2.78. The predicted octanol–water partition coefficient (Wildman–Crippen LogP) is 5.53. The van der Waals surface area contributed by atoms with Crippen LogP contribution in [0.15, 0.2) is 71.0 Å². The van der Waals surface area contributed by atoms with Gasteiger partial charge in [-0.25, -0.2) is 4.98 Å². The molecule has 0 bridgehead atoms. The quantitative estimate of drug-likeness (QED) is 0.639. The van der Waals surface area contributed by atoms with Crippen molar-refractivity contribution in [2.75, 3.05) is 18.5 Å². The fourth-order valence-corrected chi connectivity index (χ4v) is 5.27. The van der Waals surface area contributed by atoms with Crippen molar-refractivity contribution in [1.82, 2.24) is 4.98 Å². The maximum Gasteiger partial charge on any atom is 0.128 e. The molecule has 1 unspecified atom stereocenters. The van der Waals surface area contributed by atoms with Gasteiger partial charge in [-0.3, -0.25) is 0 Å². The van der Waals surface area contributed by atoms with Crippen LogP contribution in [0.25, 0.3) is 0 Å². The second-order valence-electron chi connectivity index (χ2n) is 6.28. The van der Waals surface area contributed by atoms with E-state index in [0.29, 0.717) is 5.25 Å². The summed E-state index contributed by atoms with van der Waals surface area (Å²) in [5.74, 6) is 1.03. The number of hydrogen-bond acceptors (Lipinski definition) is 4. The van der Waals surface area contributed by atoms with Gasteiger partial charge in [0, 0.05) is 29.3 Å². The van der Waals surface area contributed by atoms with Crippen molar-refractivity contribution in [3.05, 3.63) is 82.1 Å². The van der Waals surface area contributed by atoms with Crippen LogP contribution in [0.1, 0.15) is 17.5 Å². The monoisotopic (exact) mass is 368 g/mol. The molecule has 2 aromatic rings. The van der Waals surface area contributed by atoms with E-state index in [2.05, 4.69) is 60.4 Å². The second kappa shape index (κ2) is 8.63. The first-order chi connectivity index (χ1) is 12.1. The van der Waals surface area contributed by atoms with Crippen molar-refractivity contribution < 1.29 is 0 Å². The van der Waals surface area contributed by atoms with Gasteiger partial charge < -0.3 is 4.90 Å². The third kappa shape index (κ3) is 5.16. The molecule has 25 heavy (non-hydrogen) atoms. The summed E-state index contributed by atoms with van der Waals surface area (Å²) in [6.45, 7) is 9.20. The van der Waals surface area contributed by atoms with E-state index in [-0.39, 0.29) is 0 Å². The normalized spacial score (nSPS) is 17.1. The molecule has 0 spiro atoms. The zero-order valence-corrected chi connectivity index (χ0v) is 16.3. The Balaban J connectivity index is 1.46. The topological polar surface area (TPSA) is 16.1 Å². The molecule has 1 fully saturated rings. The van der Waals surface area contributed by atoms with Gasteiger partial charge in [0.1, 0.15) is 5.82 Å². The average Bonchev–Trinajstić information content (AvgIpc) is 2.94. The van der Waals surface area contributed by atoms with Gasteiger partial charge in [-0.05, 0) is 47.4 Å². The van der Waals surface area contributed by atoms with E-state index in [1.807, 2.05) is 30.1 Å². The van der Waals surface area contributed by atoms with Crippen molar-refractivity contribution >= 4 is 29.3 Å². The molecular weight excluding hydrogens is 344 g/mol. The Morgan fingerprint density at radius 1 is 1.08 bits per heavy atom. The maximum absolute atomic E-state index is 4.39. The summed E-state index contributed by atoms with van der Waals surface area (Å²) >= 11 is 3.57. The Morgan fingerprint density at radius 3 is 2.48 bits per heavy atom. The summed E-state index contributed by atoms with van der Waals surface area (Å²) in [5, 5.41) is 0.468. The largest absolute Gasteiger partial charge is 0.360 e. The summed E-state index contributed by atoms with van der Waals surface area (Å²) in [6, 6.07) is 15.1. The highest BCUT2D eigenvalue weighted by atomic mass is 32.2. The summed E-state index contributed by atoms with van der Waals surface area (Å²) < 4.78 is 1.17. The molecule has 0 saturated carbocycles. The predicted molar refractivity (Wildman–Crippen MR) is 113 cm³/mol. The SMILES string of the molecule is C=C1SC(=C)C(Cc2ccc(CCCN(C)c3ccccn3)cc2)S1. The second-order valence-corrected chi connectivity index (χ2v) is 9.06. The zero-order chi connectivity index (χ0) is 17.6. The molecule has 1 saturated heterocycles. The Hall–Kier alpha value is -1.65. The smallest absolute Gasteiger partial charge is 0.128 e. The Labute approximate surface area is 159 Å². The van der Waals surface area contributed by atoms with Gasteiger partial charge in [-0.2, -0.15) is 0 Å². The van der Waals surface area contributed by atoms with Crippen LogP contribution in [0.4, 0.5) is 5.82 Å². The number of anilines is 1. The van der Waals surface area contributed by atoms with E-state index in [0.717, 1.165) is 31.6 Å². The van der Waals surface area contributed by atoms with E-state index in [1.165, 1.54) is 20.3 Å². The lowest BCUT2D eigenvalue weighted by Gasteiger charge is -2.17. The first kappa shape index (κ1) is 18.2. The minimum atomic E-state index is 0.468. The molecular formula is C21H24N2S2. The number of hydrogen-bond donors (Lipinski definition) is 0. The summed E-state index contributed by atoms with van der Waals surface area (Å²) in [4.78, 5) is 7.83. The summed E-state index contributed by atoms with van der Waals surface area (Å²) in [7, 11) is 2.10. The fourth-order valence-electron chi connectivity index (χ4n) is 2.89. The molecule has 4 heteroatoms. The first-order valence-electron chi connectivity index (χ1n) is 8.54. The van der Waals surface area contributed by atoms with Gasteiger partial charge in [0.2, 0.25) is 0 Å². The first-order valence-corrected chi connectivity index (χ1v) is 10.2. The van der Waals surface area contributed by atoms with Crippen LogP contribution in [0.3, 0.4) is 0 Å². The molecule has 1 aromatic heterocycles. The molecule has 3 rings (SSSR count).